The summed E-state index contributed by atoms with van der Waals surface area (Å²) in [6.45, 7) is 12.7. The number of nitrogens with one attached hydrogen (secondary N) is 1. The second-order valence-corrected chi connectivity index (χ2v) is 7.83. The predicted molar refractivity (Wildman–Crippen MR) is 109 cm³/mol. The number of likely N-dealkylation sites (tertiary alicyclic amines) is 2. The highest BCUT2D eigenvalue weighted by Crippen LogP contribution is 2.47. The van der Waals surface area contributed by atoms with E-state index in [1.54, 1.807) is 0 Å². The first-order valence-corrected chi connectivity index (χ1v) is 9.46. The Morgan fingerprint density at radius 2 is 1.87 bits per heavy atom. The van der Waals surface area contributed by atoms with E-state index in [2.05, 4.69) is 29.0 Å². The Balaban J connectivity index is 0.00000192. The van der Waals surface area contributed by atoms with Crippen LogP contribution in [0.5, 0.6) is 0 Å². The Labute approximate surface area is 159 Å². The highest BCUT2D eigenvalue weighted by atomic mass is 127. The molecule has 1 spiro atoms. The van der Waals surface area contributed by atoms with E-state index in [1.807, 2.05) is 0 Å². The maximum atomic E-state index is 4.97. The molecule has 1 saturated carbocycles. The lowest BCUT2D eigenvalue weighted by molar-refractivity contribution is 0.151. The van der Waals surface area contributed by atoms with Crippen LogP contribution in [-0.2, 0) is 0 Å². The summed E-state index contributed by atoms with van der Waals surface area (Å²) in [6, 6.07) is 0. The number of hydrogen-bond acceptors (Lipinski definition) is 2. The zero-order valence-electron chi connectivity index (χ0n) is 15.0. The van der Waals surface area contributed by atoms with Gasteiger partial charge < -0.3 is 15.1 Å². The van der Waals surface area contributed by atoms with E-state index in [9.17, 15) is 0 Å². The molecule has 0 aromatic heterocycles. The number of guanidine groups is 1. The highest BCUT2D eigenvalue weighted by Gasteiger charge is 2.43. The van der Waals surface area contributed by atoms with E-state index in [0.717, 1.165) is 13.1 Å². The minimum absolute atomic E-state index is 0. The van der Waals surface area contributed by atoms with Crippen LogP contribution in [0.1, 0.15) is 52.4 Å². The Kier molecular flexibility index (Phi) is 7.45. The molecule has 2 aliphatic heterocycles. The summed E-state index contributed by atoms with van der Waals surface area (Å²) in [7, 11) is 0. The van der Waals surface area contributed by atoms with Gasteiger partial charge in [-0.3, -0.25) is 4.99 Å². The minimum atomic E-state index is 0. The molecule has 3 aliphatic rings. The molecule has 5 heteroatoms. The third-order valence-corrected chi connectivity index (χ3v) is 5.81. The van der Waals surface area contributed by atoms with Gasteiger partial charge in [0.1, 0.15) is 0 Å². The molecular formula is C18H35IN4. The van der Waals surface area contributed by atoms with Crippen molar-refractivity contribution in [3.63, 3.8) is 0 Å². The van der Waals surface area contributed by atoms with E-state index in [4.69, 9.17) is 4.99 Å². The third kappa shape index (κ3) is 4.97. The summed E-state index contributed by atoms with van der Waals surface area (Å²) in [4.78, 5) is 10.1. The van der Waals surface area contributed by atoms with Crippen LogP contribution < -0.4 is 5.32 Å². The van der Waals surface area contributed by atoms with Gasteiger partial charge in [-0.25, -0.2) is 0 Å². The molecule has 0 aromatic carbocycles. The van der Waals surface area contributed by atoms with Gasteiger partial charge >= 0.3 is 0 Å². The van der Waals surface area contributed by atoms with Gasteiger partial charge in [-0.05, 0) is 63.5 Å². The highest BCUT2D eigenvalue weighted by molar-refractivity contribution is 14.0. The summed E-state index contributed by atoms with van der Waals surface area (Å²) in [6.07, 6.45) is 8.46. The number of rotatable bonds is 5. The summed E-state index contributed by atoms with van der Waals surface area (Å²) >= 11 is 0. The Morgan fingerprint density at radius 1 is 1.13 bits per heavy atom. The largest absolute Gasteiger partial charge is 0.357 e. The predicted octanol–water partition coefficient (Wildman–Crippen LogP) is 3.18. The molecule has 3 rings (SSSR count). The first-order chi connectivity index (χ1) is 10.7. The molecule has 0 amide bonds. The van der Waals surface area contributed by atoms with Gasteiger partial charge in [-0.2, -0.15) is 0 Å². The van der Waals surface area contributed by atoms with Gasteiger partial charge in [0.05, 0.1) is 0 Å². The lowest BCUT2D eigenvalue weighted by Gasteiger charge is -2.38. The van der Waals surface area contributed by atoms with E-state index in [0.29, 0.717) is 11.3 Å². The minimum Gasteiger partial charge on any atom is -0.357 e. The van der Waals surface area contributed by atoms with Gasteiger partial charge in [0.15, 0.2) is 5.96 Å². The average molecular weight is 434 g/mol. The molecule has 0 radical (unpaired) electrons. The molecule has 1 N–H and O–H groups in total. The molecule has 3 fully saturated rings. The van der Waals surface area contributed by atoms with Crippen molar-refractivity contribution in [3.8, 4) is 0 Å². The van der Waals surface area contributed by atoms with Crippen LogP contribution in [0.25, 0.3) is 0 Å². The zero-order valence-corrected chi connectivity index (χ0v) is 17.3. The Morgan fingerprint density at radius 3 is 2.43 bits per heavy atom. The number of halogens is 1. The summed E-state index contributed by atoms with van der Waals surface area (Å²) < 4.78 is 0. The van der Waals surface area contributed by atoms with Crippen molar-refractivity contribution in [3.05, 3.63) is 0 Å². The van der Waals surface area contributed by atoms with Crippen LogP contribution in [-0.4, -0.2) is 61.6 Å². The van der Waals surface area contributed by atoms with Crippen molar-refractivity contribution in [2.45, 2.75) is 52.4 Å². The molecule has 0 bridgehead atoms. The maximum absolute atomic E-state index is 4.97. The topological polar surface area (TPSA) is 30.9 Å². The normalized spacial score (nSPS) is 25.3. The van der Waals surface area contributed by atoms with Crippen molar-refractivity contribution < 1.29 is 0 Å². The maximum Gasteiger partial charge on any atom is 0.193 e. The molecule has 1 atom stereocenters. The zero-order chi connectivity index (χ0) is 15.4. The molecule has 23 heavy (non-hydrogen) atoms. The van der Waals surface area contributed by atoms with Crippen LogP contribution in [0.4, 0.5) is 0 Å². The van der Waals surface area contributed by atoms with Crippen LogP contribution in [0, 0.1) is 11.3 Å². The number of hydrogen-bond donors (Lipinski definition) is 1. The molecule has 2 saturated heterocycles. The summed E-state index contributed by atoms with van der Waals surface area (Å²) in [5, 5.41) is 3.52. The fourth-order valence-electron chi connectivity index (χ4n) is 4.33. The first kappa shape index (κ1) is 19.3. The van der Waals surface area contributed by atoms with E-state index in [1.165, 1.54) is 77.2 Å². The van der Waals surface area contributed by atoms with Crippen molar-refractivity contribution in [2.24, 2.45) is 16.3 Å². The summed E-state index contributed by atoms with van der Waals surface area (Å²) in [5.74, 6) is 1.83. The van der Waals surface area contributed by atoms with Crippen molar-refractivity contribution in [2.75, 3.05) is 45.8 Å². The fraction of sp³-hybridized carbons (Fsp3) is 0.944. The second kappa shape index (κ2) is 8.88. The monoisotopic (exact) mass is 434 g/mol. The average Bonchev–Trinajstić information content (AvgIpc) is 3.11. The van der Waals surface area contributed by atoms with Crippen LogP contribution in [0.3, 0.4) is 0 Å². The van der Waals surface area contributed by atoms with Crippen molar-refractivity contribution in [1.29, 1.82) is 0 Å². The summed E-state index contributed by atoms with van der Waals surface area (Å²) in [5.41, 5.74) is 0.650. The SMILES string of the molecule is CCNC(=NCC(C)CN1CCCC1)N1CCC2(CCC2)C1.I. The van der Waals surface area contributed by atoms with E-state index >= 15 is 0 Å². The van der Waals surface area contributed by atoms with Gasteiger partial charge in [-0.1, -0.05) is 13.3 Å². The molecule has 1 aliphatic carbocycles. The lowest BCUT2D eigenvalue weighted by Crippen LogP contribution is -2.43. The van der Waals surface area contributed by atoms with Crippen LogP contribution in [0.15, 0.2) is 4.99 Å². The van der Waals surface area contributed by atoms with Crippen molar-refractivity contribution in [1.82, 2.24) is 15.1 Å². The quantitative estimate of drug-likeness (QED) is 0.410. The standard InChI is InChI=1S/C18H34N4.HI/c1-3-19-17(22-12-9-18(15-22)7-6-8-18)20-13-16(2)14-21-10-4-5-11-21;/h16H,3-15H2,1-2H3,(H,19,20);1H. The van der Waals surface area contributed by atoms with Gasteiger partial charge in [0, 0.05) is 32.7 Å². The third-order valence-electron chi connectivity index (χ3n) is 5.81. The molecule has 1 unspecified atom stereocenters. The van der Waals surface area contributed by atoms with Crippen LogP contribution >= 0.6 is 24.0 Å². The smallest absolute Gasteiger partial charge is 0.193 e. The molecule has 4 nitrogen and oxygen atoms in total. The second-order valence-electron chi connectivity index (χ2n) is 7.83. The molecule has 134 valence electrons. The Bertz CT molecular complexity index is 388. The fourth-order valence-corrected chi connectivity index (χ4v) is 4.33. The Hall–Kier alpha value is -0.0400. The van der Waals surface area contributed by atoms with E-state index in [-0.39, 0.29) is 24.0 Å². The number of aliphatic imine (C=N–C) groups is 1. The molecule has 2 heterocycles. The van der Waals surface area contributed by atoms with Gasteiger partial charge in [0.2, 0.25) is 0 Å². The number of nitrogens with zero attached hydrogens (tertiary/aromatic N) is 3. The van der Waals surface area contributed by atoms with E-state index < -0.39 is 0 Å². The van der Waals surface area contributed by atoms with Crippen LogP contribution in [0.2, 0.25) is 0 Å². The first-order valence-electron chi connectivity index (χ1n) is 9.46. The van der Waals surface area contributed by atoms with Gasteiger partial charge in [-0.15, -0.1) is 24.0 Å². The molecule has 0 aromatic rings. The van der Waals surface area contributed by atoms with Gasteiger partial charge in [0.25, 0.3) is 0 Å². The van der Waals surface area contributed by atoms with Crippen molar-refractivity contribution >= 4 is 29.9 Å². The molecular weight excluding hydrogens is 399 g/mol. The lowest BCUT2D eigenvalue weighted by atomic mass is 9.68.